The summed E-state index contributed by atoms with van der Waals surface area (Å²) in [5, 5.41) is 0. The molecule has 1 amide bonds. The Morgan fingerprint density at radius 3 is 2.65 bits per heavy atom. The van der Waals surface area contributed by atoms with Crippen molar-refractivity contribution in [3.05, 3.63) is 53.7 Å². The number of ether oxygens (including phenoxy) is 2. The lowest BCUT2D eigenvalue weighted by atomic mass is 10.1. The smallest absolute Gasteiger partial charge is 0.410 e. The van der Waals surface area contributed by atoms with Gasteiger partial charge in [0.1, 0.15) is 18.4 Å². The summed E-state index contributed by atoms with van der Waals surface area (Å²) >= 11 is 0. The fraction of sp³-hybridized carbons (Fsp3) is 0.500. The van der Waals surface area contributed by atoms with E-state index in [-0.39, 0.29) is 30.4 Å². The molecular weight excluding hydrogens is 332 g/mol. The molecule has 1 aliphatic rings. The highest BCUT2D eigenvalue weighted by Gasteiger charge is 2.41. The molecule has 2 heterocycles. The highest BCUT2D eigenvalue weighted by atomic mass is 16.6. The third kappa shape index (κ3) is 4.64. The third-order valence-corrected chi connectivity index (χ3v) is 4.15. The van der Waals surface area contributed by atoms with Gasteiger partial charge in [-0.05, 0) is 33.3 Å². The maximum atomic E-state index is 12.7. The quantitative estimate of drug-likeness (QED) is 0.817. The molecule has 0 radical (unpaired) electrons. The van der Waals surface area contributed by atoms with Crippen LogP contribution in [0, 0.1) is 6.92 Å². The number of amides is 1. The molecule has 2 unspecified atom stereocenters. The molecule has 1 aromatic heterocycles. The minimum atomic E-state index is -0.380. The van der Waals surface area contributed by atoms with Crippen molar-refractivity contribution in [2.75, 3.05) is 6.54 Å². The normalized spacial score (nSPS) is 20.4. The van der Waals surface area contributed by atoms with Crippen LogP contribution in [0.15, 0.2) is 40.9 Å². The number of benzene rings is 1. The summed E-state index contributed by atoms with van der Waals surface area (Å²) in [5.74, 6) is 1.25. The lowest BCUT2D eigenvalue weighted by molar-refractivity contribution is -0.0540. The topological polar surface area (TPSA) is 64.8 Å². The van der Waals surface area contributed by atoms with Crippen molar-refractivity contribution in [1.82, 2.24) is 9.88 Å². The van der Waals surface area contributed by atoms with Crippen molar-refractivity contribution in [2.45, 2.75) is 58.5 Å². The molecule has 1 aromatic carbocycles. The van der Waals surface area contributed by atoms with Gasteiger partial charge in [-0.2, -0.15) is 0 Å². The third-order valence-electron chi connectivity index (χ3n) is 4.15. The number of nitrogens with zero attached hydrogens (tertiary/aromatic N) is 2. The monoisotopic (exact) mass is 358 g/mol. The maximum Gasteiger partial charge on any atom is 0.410 e. The van der Waals surface area contributed by atoms with Gasteiger partial charge in [-0.15, -0.1) is 0 Å². The fourth-order valence-electron chi connectivity index (χ4n) is 3.15. The highest BCUT2D eigenvalue weighted by Crippen LogP contribution is 2.35. The zero-order chi connectivity index (χ0) is 18.7. The second-order valence-corrected chi connectivity index (χ2v) is 7.61. The molecule has 3 rings (SSSR count). The van der Waals surface area contributed by atoms with Gasteiger partial charge < -0.3 is 13.9 Å². The van der Waals surface area contributed by atoms with E-state index in [2.05, 4.69) is 4.98 Å². The second kappa shape index (κ2) is 7.50. The predicted octanol–water partition coefficient (Wildman–Crippen LogP) is 4.25. The number of likely N-dealkylation sites (tertiary alicyclic amines) is 1. The first-order valence-corrected chi connectivity index (χ1v) is 8.89. The molecule has 1 aliphatic heterocycles. The minimum Gasteiger partial charge on any atom is -0.445 e. The molecule has 0 spiro atoms. The van der Waals surface area contributed by atoms with Gasteiger partial charge in [-0.1, -0.05) is 30.3 Å². The summed E-state index contributed by atoms with van der Waals surface area (Å²) in [7, 11) is 0. The summed E-state index contributed by atoms with van der Waals surface area (Å²) < 4.78 is 17.3. The zero-order valence-corrected chi connectivity index (χ0v) is 15.8. The van der Waals surface area contributed by atoms with Crippen LogP contribution in [-0.2, 0) is 16.1 Å². The van der Waals surface area contributed by atoms with E-state index in [1.165, 1.54) is 0 Å². The van der Waals surface area contributed by atoms with E-state index < -0.39 is 0 Å². The zero-order valence-electron chi connectivity index (χ0n) is 15.8. The summed E-state index contributed by atoms with van der Waals surface area (Å²) in [6.07, 6.45) is 1.84. The predicted molar refractivity (Wildman–Crippen MR) is 96.6 cm³/mol. The molecular formula is C20H26N2O4. The number of oxazole rings is 1. The van der Waals surface area contributed by atoms with E-state index in [1.807, 2.05) is 58.0 Å². The molecule has 0 bridgehead atoms. The van der Waals surface area contributed by atoms with E-state index in [0.29, 0.717) is 18.9 Å². The van der Waals surface area contributed by atoms with Gasteiger partial charge in [-0.25, -0.2) is 9.78 Å². The van der Waals surface area contributed by atoms with Crippen molar-refractivity contribution in [3.8, 4) is 0 Å². The molecule has 26 heavy (non-hydrogen) atoms. The van der Waals surface area contributed by atoms with Gasteiger partial charge in [0.2, 0.25) is 5.89 Å². The van der Waals surface area contributed by atoms with Crippen LogP contribution in [0.4, 0.5) is 4.79 Å². The summed E-state index contributed by atoms with van der Waals surface area (Å²) in [6.45, 7) is 8.55. The van der Waals surface area contributed by atoms with Gasteiger partial charge in [-0.3, -0.25) is 4.90 Å². The number of carbonyl (C=O) groups excluding carboxylic acids is 1. The van der Waals surface area contributed by atoms with Crippen LogP contribution in [0.1, 0.15) is 50.4 Å². The molecule has 140 valence electrons. The average molecular weight is 358 g/mol. The SMILES string of the molecule is Cc1cnc(C2CC(OC(C)(C)C)CN2C(=O)OCc2ccccc2)o1. The number of hydrogen-bond donors (Lipinski definition) is 0. The van der Waals surface area contributed by atoms with Crippen molar-refractivity contribution in [2.24, 2.45) is 0 Å². The van der Waals surface area contributed by atoms with Crippen LogP contribution in [-0.4, -0.2) is 34.2 Å². The average Bonchev–Trinajstić information content (AvgIpc) is 3.18. The van der Waals surface area contributed by atoms with E-state index in [0.717, 1.165) is 11.3 Å². The first-order valence-electron chi connectivity index (χ1n) is 8.89. The second-order valence-electron chi connectivity index (χ2n) is 7.61. The number of aryl methyl sites for hydroxylation is 1. The lowest BCUT2D eigenvalue weighted by Gasteiger charge is -2.24. The van der Waals surface area contributed by atoms with Gasteiger partial charge in [0.25, 0.3) is 0 Å². The first kappa shape index (κ1) is 18.5. The molecule has 0 N–H and O–H groups in total. The fourth-order valence-corrected chi connectivity index (χ4v) is 3.15. The van der Waals surface area contributed by atoms with Crippen LogP contribution in [0.2, 0.25) is 0 Å². The Labute approximate surface area is 154 Å². The number of hydrogen-bond acceptors (Lipinski definition) is 5. The van der Waals surface area contributed by atoms with Crippen LogP contribution < -0.4 is 0 Å². The first-order chi connectivity index (χ1) is 12.3. The van der Waals surface area contributed by atoms with E-state index >= 15 is 0 Å². The van der Waals surface area contributed by atoms with Crippen LogP contribution >= 0.6 is 0 Å². The number of carbonyl (C=O) groups is 1. The Hall–Kier alpha value is -2.34. The summed E-state index contributed by atoms with van der Waals surface area (Å²) in [4.78, 5) is 18.7. The summed E-state index contributed by atoms with van der Waals surface area (Å²) in [6, 6.07) is 9.35. The Bertz CT molecular complexity index is 736. The van der Waals surface area contributed by atoms with E-state index in [4.69, 9.17) is 13.9 Å². The van der Waals surface area contributed by atoms with Gasteiger partial charge in [0.15, 0.2) is 0 Å². The van der Waals surface area contributed by atoms with E-state index in [9.17, 15) is 4.79 Å². The van der Waals surface area contributed by atoms with Gasteiger partial charge in [0, 0.05) is 6.42 Å². The lowest BCUT2D eigenvalue weighted by Crippen LogP contribution is -2.34. The molecule has 1 fully saturated rings. The number of aromatic nitrogens is 1. The van der Waals surface area contributed by atoms with Gasteiger partial charge >= 0.3 is 6.09 Å². The molecule has 2 atom stereocenters. The number of rotatable bonds is 4. The molecule has 6 nitrogen and oxygen atoms in total. The van der Waals surface area contributed by atoms with Gasteiger partial charge in [0.05, 0.1) is 24.4 Å². The Morgan fingerprint density at radius 1 is 1.31 bits per heavy atom. The molecule has 0 aliphatic carbocycles. The largest absolute Gasteiger partial charge is 0.445 e. The Balaban J connectivity index is 1.71. The van der Waals surface area contributed by atoms with Crippen molar-refractivity contribution in [1.29, 1.82) is 0 Å². The van der Waals surface area contributed by atoms with Crippen LogP contribution in [0.3, 0.4) is 0 Å². The summed E-state index contributed by atoms with van der Waals surface area (Å²) in [5.41, 5.74) is 0.664. The van der Waals surface area contributed by atoms with Crippen molar-refractivity contribution < 1.29 is 18.7 Å². The molecule has 0 saturated carbocycles. The minimum absolute atomic E-state index is 0.0866. The van der Waals surface area contributed by atoms with Crippen LogP contribution in [0.25, 0.3) is 0 Å². The van der Waals surface area contributed by atoms with Crippen molar-refractivity contribution >= 4 is 6.09 Å². The van der Waals surface area contributed by atoms with E-state index in [1.54, 1.807) is 11.1 Å². The van der Waals surface area contributed by atoms with Crippen molar-refractivity contribution in [3.63, 3.8) is 0 Å². The van der Waals surface area contributed by atoms with Crippen LogP contribution in [0.5, 0.6) is 0 Å². The maximum absolute atomic E-state index is 12.7. The standard InChI is InChI=1S/C20H26N2O4/c1-14-11-21-18(25-14)17-10-16(26-20(2,3)4)12-22(17)19(23)24-13-15-8-6-5-7-9-15/h5-9,11,16-17H,10,12-13H2,1-4H3. The highest BCUT2D eigenvalue weighted by molar-refractivity contribution is 5.68. The molecule has 1 saturated heterocycles. The Kier molecular flexibility index (Phi) is 5.32. The molecule has 6 heteroatoms. The Morgan fingerprint density at radius 2 is 2.04 bits per heavy atom. The molecule has 2 aromatic rings.